The summed E-state index contributed by atoms with van der Waals surface area (Å²) in [6.07, 6.45) is -0.592. The number of hydrogen-bond donors (Lipinski definition) is 2. The number of hydrogen-bond acceptors (Lipinski definition) is 5. The number of carboxylic acids is 1. The highest BCUT2D eigenvalue weighted by Gasteiger charge is 2.49. The molecule has 0 spiro atoms. The Morgan fingerprint density at radius 3 is 2.69 bits per heavy atom. The molecule has 2 N–H and O–H groups in total. The van der Waals surface area contributed by atoms with Gasteiger partial charge < -0.3 is 19.7 Å². The Balaban J connectivity index is 1.54. The van der Waals surface area contributed by atoms with Gasteiger partial charge in [0.25, 0.3) is 0 Å². The Morgan fingerprint density at radius 2 is 1.93 bits per heavy atom. The summed E-state index contributed by atoms with van der Waals surface area (Å²) in [5, 5.41) is 20.6. The minimum Gasteiger partial charge on any atom is -0.486 e. The summed E-state index contributed by atoms with van der Waals surface area (Å²) in [6, 6.07) is 11.6. The van der Waals surface area contributed by atoms with Crippen LogP contribution in [0, 0.1) is 11.2 Å². The zero-order valence-electron chi connectivity index (χ0n) is 16.0. The van der Waals surface area contributed by atoms with E-state index in [1.807, 2.05) is 23.1 Å². The Labute approximate surface area is 168 Å². The van der Waals surface area contributed by atoms with Crippen molar-refractivity contribution in [3.8, 4) is 11.5 Å². The van der Waals surface area contributed by atoms with Crippen LogP contribution in [0.1, 0.15) is 17.5 Å². The Kier molecular flexibility index (Phi) is 5.43. The molecule has 0 bridgehead atoms. The maximum Gasteiger partial charge on any atom is 0.313 e. The van der Waals surface area contributed by atoms with Gasteiger partial charge >= 0.3 is 5.97 Å². The summed E-state index contributed by atoms with van der Waals surface area (Å²) < 4.78 is 24.8. The van der Waals surface area contributed by atoms with Crippen molar-refractivity contribution < 1.29 is 28.9 Å². The number of carbonyl (C=O) groups is 1. The fourth-order valence-electron chi connectivity index (χ4n) is 4.21. The minimum absolute atomic E-state index is 0.0684. The molecule has 2 aromatic carbocycles. The number of aliphatic hydroxyl groups is 1. The first-order valence-electron chi connectivity index (χ1n) is 9.73. The molecule has 2 aromatic rings. The highest BCUT2D eigenvalue weighted by molar-refractivity contribution is 5.76. The number of aliphatic hydroxyl groups excluding tert-OH is 1. The Morgan fingerprint density at radius 1 is 1.14 bits per heavy atom. The third-order valence-corrected chi connectivity index (χ3v) is 5.71. The van der Waals surface area contributed by atoms with Crippen molar-refractivity contribution in [2.75, 3.05) is 26.3 Å². The number of rotatable bonds is 5. The first kappa shape index (κ1) is 19.7. The van der Waals surface area contributed by atoms with E-state index in [1.54, 1.807) is 12.1 Å². The fraction of sp³-hybridized carbons (Fsp3) is 0.409. The molecule has 0 saturated carbocycles. The largest absolute Gasteiger partial charge is 0.486 e. The molecule has 2 heterocycles. The smallest absolute Gasteiger partial charge is 0.313 e. The van der Waals surface area contributed by atoms with Crippen molar-refractivity contribution in [1.82, 2.24) is 4.90 Å². The quantitative estimate of drug-likeness (QED) is 0.802. The molecule has 0 aromatic heterocycles. The molecule has 2 aliphatic rings. The van der Waals surface area contributed by atoms with Gasteiger partial charge in [-0.25, -0.2) is 4.39 Å². The Bertz CT molecular complexity index is 905. The van der Waals surface area contributed by atoms with Gasteiger partial charge in [0.15, 0.2) is 11.5 Å². The molecule has 1 fully saturated rings. The number of likely N-dealkylation sites (tertiary alicyclic amines) is 1. The highest BCUT2D eigenvalue weighted by Crippen LogP contribution is 2.36. The second-order valence-corrected chi connectivity index (χ2v) is 7.76. The highest BCUT2D eigenvalue weighted by atomic mass is 19.1. The number of ether oxygens (including phenoxy) is 2. The lowest BCUT2D eigenvalue weighted by Gasteiger charge is -2.43. The topological polar surface area (TPSA) is 79.2 Å². The zero-order chi connectivity index (χ0) is 20.4. The second-order valence-electron chi connectivity index (χ2n) is 7.76. The standard InChI is InChI=1S/C22H24FNO5/c23-17-3-1-2-15(10-17)12-22(21(26)27)14-24(7-6-20(22)25)13-16-4-5-18-19(11-16)29-9-8-28-18/h1-5,10-11,20,25H,6-9,12-14H2,(H,26,27)/t20-,22-/m1/s1. The van der Waals surface area contributed by atoms with E-state index in [1.165, 1.54) is 12.1 Å². The van der Waals surface area contributed by atoms with Gasteiger partial charge in [-0.1, -0.05) is 18.2 Å². The summed E-state index contributed by atoms with van der Waals surface area (Å²) in [4.78, 5) is 14.3. The van der Waals surface area contributed by atoms with Crippen molar-refractivity contribution in [3.05, 3.63) is 59.4 Å². The summed E-state index contributed by atoms with van der Waals surface area (Å²) >= 11 is 0. The summed E-state index contributed by atoms with van der Waals surface area (Å²) in [6.45, 7) is 2.31. The number of piperidine rings is 1. The van der Waals surface area contributed by atoms with Crippen LogP contribution in [0.3, 0.4) is 0 Å². The number of benzene rings is 2. The van der Waals surface area contributed by atoms with Crippen LogP contribution in [0.4, 0.5) is 4.39 Å². The molecule has 4 rings (SSSR count). The maximum atomic E-state index is 13.6. The SMILES string of the molecule is O=C(O)[C@]1(Cc2cccc(F)c2)CN(Cc2ccc3c(c2)OCCO3)CC[C@H]1O. The van der Waals surface area contributed by atoms with Crippen LogP contribution in [0.2, 0.25) is 0 Å². The van der Waals surface area contributed by atoms with Gasteiger partial charge in [0.1, 0.15) is 24.4 Å². The van der Waals surface area contributed by atoms with Gasteiger partial charge in [0.05, 0.1) is 6.10 Å². The van der Waals surface area contributed by atoms with E-state index in [2.05, 4.69) is 0 Å². The normalized spacial score (nSPS) is 24.3. The lowest BCUT2D eigenvalue weighted by Crippen LogP contribution is -2.56. The van der Waals surface area contributed by atoms with Gasteiger partial charge in [-0.3, -0.25) is 9.69 Å². The van der Waals surface area contributed by atoms with E-state index in [4.69, 9.17) is 9.47 Å². The molecule has 2 atom stereocenters. The van der Waals surface area contributed by atoms with Gasteiger partial charge in [-0.05, 0) is 48.2 Å². The second kappa shape index (κ2) is 8.00. The van der Waals surface area contributed by atoms with Crippen molar-refractivity contribution in [1.29, 1.82) is 0 Å². The molecule has 0 radical (unpaired) electrons. The molecule has 0 aliphatic carbocycles. The molecule has 7 heteroatoms. The predicted octanol–water partition coefficient (Wildman–Crippen LogP) is 2.48. The van der Waals surface area contributed by atoms with Crippen LogP contribution < -0.4 is 9.47 Å². The molecule has 1 saturated heterocycles. The molecule has 0 unspecified atom stereocenters. The van der Waals surface area contributed by atoms with Crippen molar-refractivity contribution in [3.63, 3.8) is 0 Å². The molecule has 6 nitrogen and oxygen atoms in total. The first-order valence-corrected chi connectivity index (χ1v) is 9.73. The average molecular weight is 401 g/mol. The predicted molar refractivity (Wildman–Crippen MR) is 104 cm³/mol. The van der Waals surface area contributed by atoms with E-state index in [9.17, 15) is 19.4 Å². The zero-order valence-corrected chi connectivity index (χ0v) is 16.0. The summed E-state index contributed by atoms with van der Waals surface area (Å²) in [5.74, 6) is -0.0854. The third-order valence-electron chi connectivity index (χ3n) is 5.71. The van der Waals surface area contributed by atoms with E-state index >= 15 is 0 Å². The molecule has 2 aliphatic heterocycles. The summed E-state index contributed by atoms with van der Waals surface area (Å²) in [5.41, 5.74) is 0.156. The molecule has 0 amide bonds. The number of halogens is 1. The fourth-order valence-corrected chi connectivity index (χ4v) is 4.21. The van der Waals surface area contributed by atoms with E-state index in [0.717, 1.165) is 5.56 Å². The van der Waals surface area contributed by atoms with E-state index < -0.39 is 23.3 Å². The number of aliphatic carboxylic acids is 1. The maximum absolute atomic E-state index is 13.6. The van der Waals surface area contributed by atoms with Gasteiger partial charge in [0.2, 0.25) is 0 Å². The van der Waals surface area contributed by atoms with Crippen LogP contribution in [-0.2, 0) is 17.8 Å². The first-order chi connectivity index (χ1) is 14.0. The van der Waals surface area contributed by atoms with Crippen molar-refractivity contribution >= 4 is 5.97 Å². The number of fused-ring (bicyclic) bond motifs is 1. The van der Waals surface area contributed by atoms with Crippen LogP contribution in [0.5, 0.6) is 11.5 Å². The van der Waals surface area contributed by atoms with Crippen LogP contribution in [-0.4, -0.2) is 53.5 Å². The van der Waals surface area contributed by atoms with Crippen molar-refractivity contribution in [2.45, 2.75) is 25.5 Å². The lowest BCUT2D eigenvalue weighted by atomic mass is 9.72. The Hall–Kier alpha value is -2.64. The minimum atomic E-state index is -1.39. The number of nitrogens with zero attached hydrogens (tertiary/aromatic N) is 1. The van der Waals surface area contributed by atoms with Crippen LogP contribution in [0.25, 0.3) is 0 Å². The molecule has 154 valence electrons. The van der Waals surface area contributed by atoms with E-state index in [0.29, 0.717) is 49.8 Å². The van der Waals surface area contributed by atoms with Gasteiger partial charge in [0, 0.05) is 19.6 Å². The van der Waals surface area contributed by atoms with Crippen LogP contribution in [0.15, 0.2) is 42.5 Å². The lowest BCUT2D eigenvalue weighted by molar-refractivity contribution is -0.163. The van der Waals surface area contributed by atoms with Crippen molar-refractivity contribution in [2.24, 2.45) is 5.41 Å². The molecular formula is C22H24FNO5. The van der Waals surface area contributed by atoms with Gasteiger partial charge in [-0.2, -0.15) is 0 Å². The summed E-state index contributed by atoms with van der Waals surface area (Å²) in [7, 11) is 0. The molecular weight excluding hydrogens is 377 g/mol. The number of carboxylic acid groups (broad SMARTS) is 1. The van der Waals surface area contributed by atoms with Crippen LogP contribution >= 0.6 is 0 Å². The monoisotopic (exact) mass is 401 g/mol. The molecule has 29 heavy (non-hydrogen) atoms. The average Bonchev–Trinajstić information content (AvgIpc) is 2.70. The van der Waals surface area contributed by atoms with Gasteiger partial charge in [-0.15, -0.1) is 0 Å². The van der Waals surface area contributed by atoms with E-state index in [-0.39, 0.29) is 13.0 Å². The third kappa shape index (κ3) is 4.06.